The molecule has 194 valence electrons. The van der Waals surface area contributed by atoms with E-state index in [2.05, 4.69) is 20.8 Å². The Balaban J connectivity index is 1.38. The summed E-state index contributed by atoms with van der Waals surface area (Å²) < 4.78 is 1.90. The Bertz CT molecular complexity index is 1570. The third kappa shape index (κ3) is 5.82. The Labute approximate surface area is 223 Å². The minimum atomic E-state index is -0.885. The number of thiophene rings is 1. The van der Waals surface area contributed by atoms with Crippen molar-refractivity contribution < 1.29 is 14.7 Å². The molecule has 5 rings (SSSR count). The summed E-state index contributed by atoms with van der Waals surface area (Å²) in [6.07, 6.45) is 3.96. The lowest BCUT2D eigenvalue weighted by molar-refractivity contribution is 0.0667. The number of carbonyl (C=O) groups excluding carboxylic acids is 2. The molecule has 10 heteroatoms. The first-order chi connectivity index (χ1) is 18.3. The molecule has 0 bridgehead atoms. The van der Waals surface area contributed by atoms with Gasteiger partial charge in [-0.25, -0.2) is 4.98 Å². The predicted octanol–water partition coefficient (Wildman–Crippen LogP) is 5.20. The Morgan fingerprint density at radius 1 is 1.11 bits per heavy atom. The molecule has 0 spiro atoms. The van der Waals surface area contributed by atoms with Crippen molar-refractivity contribution in [3.8, 4) is 10.4 Å². The lowest BCUT2D eigenvalue weighted by Gasteiger charge is -2.18. The quantitative estimate of drug-likeness (QED) is 0.185. The van der Waals surface area contributed by atoms with Crippen LogP contribution < -0.4 is 10.6 Å². The molecular weight excluding hydrogens is 500 g/mol. The molecular formula is C28H28N6O3S. The van der Waals surface area contributed by atoms with Gasteiger partial charge in [-0.05, 0) is 50.6 Å². The first-order valence-electron chi connectivity index (χ1n) is 12.2. The Morgan fingerprint density at radius 3 is 2.66 bits per heavy atom. The number of aryl methyl sites for hydroxylation is 1. The van der Waals surface area contributed by atoms with E-state index < -0.39 is 5.60 Å². The fraction of sp³-hybridized carbons (Fsp3) is 0.214. The number of ketones is 1. The van der Waals surface area contributed by atoms with Gasteiger partial charge in [-0.3, -0.25) is 20.0 Å². The molecule has 0 radical (unpaired) electrons. The fourth-order valence-corrected chi connectivity index (χ4v) is 4.90. The van der Waals surface area contributed by atoms with Crippen molar-refractivity contribution in [2.24, 2.45) is 0 Å². The monoisotopic (exact) mass is 528 g/mol. The number of benzene rings is 2. The second kappa shape index (κ2) is 10.6. The number of rotatable bonds is 10. The SMILES string of the molecule is CC(C)(O)CCn1c(NC(=O)c2ccc(-c3cn[nH]c3)s2)nc2cc(NCC(=O)c3ccccc3)ccc21. The first-order valence-corrected chi connectivity index (χ1v) is 13.0. The summed E-state index contributed by atoms with van der Waals surface area (Å²) in [5, 5.41) is 23.2. The second-order valence-electron chi connectivity index (χ2n) is 9.60. The van der Waals surface area contributed by atoms with E-state index >= 15 is 0 Å². The van der Waals surface area contributed by atoms with E-state index in [9.17, 15) is 14.7 Å². The summed E-state index contributed by atoms with van der Waals surface area (Å²) in [7, 11) is 0. The number of fused-ring (bicyclic) bond motifs is 1. The minimum Gasteiger partial charge on any atom is -0.390 e. The van der Waals surface area contributed by atoms with Gasteiger partial charge >= 0.3 is 0 Å². The fourth-order valence-electron chi connectivity index (χ4n) is 4.02. The second-order valence-corrected chi connectivity index (χ2v) is 10.7. The van der Waals surface area contributed by atoms with Crippen molar-refractivity contribution in [1.82, 2.24) is 19.7 Å². The first kappa shape index (κ1) is 25.4. The van der Waals surface area contributed by atoms with Crippen molar-refractivity contribution in [1.29, 1.82) is 0 Å². The third-order valence-corrected chi connectivity index (χ3v) is 7.22. The van der Waals surface area contributed by atoms with Gasteiger partial charge in [-0.15, -0.1) is 11.3 Å². The highest BCUT2D eigenvalue weighted by atomic mass is 32.1. The molecule has 0 saturated heterocycles. The van der Waals surface area contributed by atoms with Gasteiger partial charge in [0.1, 0.15) is 0 Å². The van der Waals surface area contributed by atoms with Gasteiger partial charge in [0.25, 0.3) is 5.91 Å². The Kier molecular flexibility index (Phi) is 7.08. The summed E-state index contributed by atoms with van der Waals surface area (Å²) in [4.78, 5) is 31.8. The number of hydrogen-bond acceptors (Lipinski definition) is 7. The lowest BCUT2D eigenvalue weighted by atomic mass is 10.1. The van der Waals surface area contributed by atoms with Crippen LogP contribution >= 0.6 is 11.3 Å². The van der Waals surface area contributed by atoms with Gasteiger partial charge in [0, 0.05) is 34.4 Å². The van der Waals surface area contributed by atoms with Crippen LogP contribution in [0.2, 0.25) is 0 Å². The maximum atomic E-state index is 13.1. The summed E-state index contributed by atoms with van der Waals surface area (Å²) in [5.74, 6) is 0.112. The summed E-state index contributed by atoms with van der Waals surface area (Å²) in [6, 6.07) is 18.4. The van der Waals surface area contributed by atoms with Crippen molar-refractivity contribution in [3.05, 3.63) is 83.5 Å². The number of hydrogen-bond donors (Lipinski definition) is 4. The van der Waals surface area contributed by atoms with E-state index in [0.29, 0.717) is 34.9 Å². The molecule has 38 heavy (non-hydrogen) atoms. The van der Waals surface area contributed by atoms with Crippen LogP contribution in [0.25, 0.3) is 21.5 Å². The van der Waals surface area contributed by atoms with Crippen molar-refractivity contribution in [2.45, 2.75) is 32.4 Å². The molecule has 0 fully saturated rings. The number of aromatic amines is 1. The molecule has 9 nitrogen and oxygen atoms in total. The Morgan fingerprint density at radius 2 is 1.92 bits per heavy atom. The normalized spacial score (nSPS) is 11.6. The number of aliphatic hydroxyl groups is 1. The van der Waals surface area contributed by atoms with Crippen LogP contribution in [-0.4, -0.2) is 48.7 Å². The molecule has 0 aliphatic carbocycles. The van der Waals surface area contributed by atoms with Crippen LogP contribution in [0.5, 0.6) is 0 Å². The third-order valence-electron chi connectivity index (χ3n) is 6.08. The molecule has 0 atom stereocenters. The molecule has 3 heterocycles. The van der Waals surface area contributed by atoms with E-state index in [1.54, 1.807) is 44.4 Å². The lowest BCUT2D eigenvalue weighted by Crippen LogP contribution is -2.22. The number of nitrogens with zero attached hydrogens (tertiary/aromatic N) is 3. The van der Waals surface area contributed by atoms with Gasteiger partial charge < -0.3 is 15.0 Å². The molecule has 3 aromatic heterocycles. The van der Waals surface area contributed by atoms with Crippen molar-refractivity contribution in [3.63, 3.8) is 0 Å². The molecule has 0 aliphatic heterocycles. The van der Waals surface area contributed by atoms with Gasteiger partial charge in [0.15, 0.2) is 5.78 Å². The topological polar surface area (TPSA) is 125 Å². The summed E-state index contributed by atoms with van der Waals surface area (Å²) in [5.41, 5.74) is 2.90. The van der Waals surface area contributed by atoms with Gasteiger partial charge in [-0.2, -0.15) is 5.10 Å². The molecule has 0 aliphatic rings. The molecule has 4 N–H and O–H groups in total. The molecule has 1 amide bonds. The minimum absolute atomic E-state index is 0.0138. The van der Waals surface area contributed by atoms with Crippen LogP contribution in [0, 0.1) is 0 Å². The highest BCUT2D eigenvalue weighted by Crippen LogP contribution is 2.29. The van der Waals surface area contributed by atoms with Gasteiger partial charge in [0.2, 0.25) is 5.95 Å². The van der Waals surface area contributed by atoms with Crippen LogP contribution in [-0.2, 0) is 6.54 Å². The van der Waals surface area contributed by atoms with Crippen molar-refractivity contribution >= 4 is 45.7 Å². The predicted molar refractivity (Wildman–Crippen MR) is 150 cm³/mol. The smallest absolute Gasteiger partial charge is 0.268 e. The van der Waals surface area contributed by atoms with Gasteiger partial charge in [0.05, 0.1) is 34.3 Å². The van der Waals surface area contributed by atoms with E-state index in [1.165, 1.54) is 11.3 Å². The average Bonchev–Trinajstić information content (AvgIpc) is 3.66. The average molecular weight is 529 g/mol. The maximum Gasteiger partial charge on any atom is 0.268 e. The number of carbonyl (C=O) groups is 2. The van der Waals surface area contributed by atoms with E-state index in [-0.39, 0.29) is 18.2 Å². The van der Waals surface area contributed by atoms with Crippen LogP contribution in [0.1, 0.15) is 40.3 Å². The zero-order valence-electron chi connectivity index (χ0n) is 21.1. The summed E-state index contributed by atoms with van der Waals surface area (Å²) in [6.45, 7) is 4.11. The van der Waals surface area contributed by atoms with Crippen molar-refractivity contribution in [2.75, 3.05) is 17.2 Å². The highest BCUT2D eigenvalue weighted by molar-refractivity contribution is 7.17. The standard InChI is InChI=1S/C28H28N6O3S/c1-28(2,37)12-13-34-22-9-8-20(29-17-23(35)18-6-4-3-5-7-18)14-21(22)32-27(34)33-26(36)25-11-10-24(38-25)19-15-30-31-16-19/h3-11,14-16,29,37H,12-13,17H2,1-2H3,(H,30,31)(H,32,33,36). The molecule has 0 saturated carbocycles. The van der Waals surface area contributed by atoms with Crippen LogP contribution in [0.3, 0.4) is 0 Å². The van der Waals surface area contributed by atoms with E-state index in [1.807, 2.05) is 47.0 Å². The molecule has 0 unspecified atom stereocenters. The number of Topliss-reactive ketones (excluding diaryl/α,β-unsaturated/α-hetero) is 1. The Hall–Kier alpha value is -4.28. The van der Waals surface area contributed by atoms with Gasteiger partial charge in [-0.1, -0.05) is 30.3 Å². The molecule has 5 aromatic rings. The van der Waals surface area contributed by atoms with Crippen LogP contribution in [0.4, 0.5) is 11.6 Å². The maximum absolute atomic E-state index is 13.1. The zero-order valence-corrected chi connectivity index (χ0v) is 21.9. The number of nitrogens with one attached hydrogen (secondary N) is 3. The number of imidazole rings is 1. The highest BCUT2D eigenvalue weighted by Gasteiger charge is 2.20. The number of H-pyrrole nitrogens is 1. The summed E-state index contributed by atoms with van der Waals surface area (Å²) >= 11 is 1.37. The molecule has 2 aromatic carbocycles. The van der Waals surface area contributed by atoms with E-state index in [4.69, 9.17) is 4.98 Å². The largest absolute Gasteiger partial charge is 0.390 e. The van der Waals surface area contributed by atoms with E-state index in [0.717, 1.165) is 21.6 Å². The number of aromatic nitrogens is 4. The van der Waals surface area contributed by atoms with Crippen LogP contribution in [0.15, 0.2) is 73.1 Å². The number of amides is 1. The zero-order chi connectivity index (χ0) is 26.7. The number of anilines is 2.